The predicted molar refractivity (Wildman–Crippen MR) is 84.0 cm³/mol. The van der Waals surface area contributed by atoms with Gasteiger partial charge in [-0.3, -0.25) is 0 Å². The summed E-state index contributed by atoms with van der Waals surface area (Å²) >= 11 is 5.87. The Morgan fingerprint density at radius 1 is 1.19 bits per heavy atom. The second-order valence-corrected chi connectivity index (χ2v) is 5.25. The minimum Gasteiger partial charge on any atom is -0.382 e. The number of imidazole rings is 1. The standard InChI is InChI=1S/C15H22ClN3O2/c1-12-4-5-13-15(17-12)19(14(18-13)6-7-16)8-3-9-21-11-10-20-2/h4-5H,3,6-11H2,1-2H3. The van der Waals surface area contributed by atoms with E-state index in [1.807, 2.05) is 19.1 Å². The summed E-state index contributed by atoms with van der Waals surface area (Å²) in [6.45, 7) is 4.80. The van der Waals surface area contributed by atoms with Crippen LogP contribution in [0.4, 0.5) is 0 Å². The van der Waals surface area contributed by atoms with E-state index in [9.17, 15) is 0 Å². The first-order valence-electron chi connectivity index (χ1n) is 7.21. The van der Waals surface area contributed by atoms with Crippen LogP contribution >= 0.6 is 11.6 Å². The Morgan fingerprint density at radius 2 is 2.05 bits per heavy atom. The zero-order chi connectivity index (χ0) is 15.1. The molecule has 2 aromatic heterocycles. The lowest BCUT2D eigenvalue weighted by atomic mass is 10.3. The Hall–Kier alpha value is -1.17. The minimum atomic E-state index is 0.562. The molecule has 0 aliphatic carbocycles. The first-order valence-corrected chi connectivity index (χ1v) is 7.75. The largest absolute Gasteiger partial charge is 0.382 e. The van der Waals surface area contributed by atoms with E-state index < -0.39 is 0 Å². The molecule has 5 nitrogen and oxygen atoms in total. The van der Waals surface area contributed by atoms with Crippen LogP contribution in [0.1, 0.15) is 17.9 Å². The highest BCUT2D eigenvalue weighted by Gasteiger charge is 2.11. The molecule has 116 valence electrons. The SMILES string of the molecule is COCCOCCCn1c(CCCl)nc2ccc(C)nc21. The second-order valence-electron chi connectivity index (χ2n) is 4.87. The van der Waals surface area contributed by atoms with Gasteiger partial charge in [0.05, 0.1) is 13.2 Å². The highest BCUT2D eigenvalue weighted by Crippen LogP contribution is 2.16. The number of methoxy groups -OCH3 is 1. The number of ether oxygens (including phenoxy) is 2. The summed E-state index contributed by atoms with van der Waals surface area (Å²) in [4.78, 5) is 9.23. The molecule has 0 radical (unpaired) electrons. The van der Waals surface area contributed by atoms with Crippen molar-refractivity contribution in [3.63, 3.8) is 0 Å². The van der Waals surface area contributed by atoms with E-state index in [0.717, 1.165) is 42.1 Å². The lowest BCUT2D eigenvalue weighted by Gasteiger charge is -2.08. The Kier molecular flexibility index (Phi) is 6.42. The predicted octanol–water partition coefficient (Wildman–Crippen LogP) is 2.57. The third-order valence-electron chi connectivity index (χ3n) is 3.23. The van der Waals surface area contributed by atoms with Crippen molar-refractivity contribution in [2.75, 3.05) is 32.8 Å². The second kappa shape index (κ2) is 8.32. The molecular weight excluding hydrogens is 290 g/mol. The number of aryl methyl sites for hydroxylation is 3. The fourth-order valence-corrected chi connectivity index (χ4v) is 2.39. The molecule has 2 aromatic rings. The molecule has 0 fully saturated rings. The molecule has 2 rings (SSSR count). The van der Waals surface area contributed by atoms with E-state index in [2.05, 4.69) is 14.5 Å². The van der Waals surface area contributed by atoms with Gasteiger partial charge < -0.3 is 14.0 Å². The number of alkyl halides is 1. The molecule has 0 bridgehead atoms. The number of rotatable bonds is 9. The third kappa shape index (κ3) is 4.40. The Balaban J connectivity index is 2.05. The molecule has 0 aromatic carbocycles. The maximum atomic E-state index is 5.87. The summed E-state index contributed by atoms with van der Waals surface area (Å²) in [5.74, 6) is 1.56. The number of hydrogen-bond acceptors (Lipinski definition) is 4. The molecule has 2 heterocycles. The summed E-state index contributed by atoms with van der Waals surface area (Å²) in [6.07, 6.45) is 1.67. The van der Waals surface area contributed by atoms with Crippen molar-refractivity contribution in [1.82, 2.24) is 14.5 Å². The van der Waals surface area contributed by atoms with Gasteiger partial charge in [0.15, 0.2) is 5.65 Å². The Bertz CT molecular complexity index is 571. The van der Waals surface area contributed by atoms with Crippen LogP contribution in [0.15, 0.2) is 12.1 Å². The molecule has 6 heteroatoms. The molecule has 0 atom stereocenters. The van der Waals surface area contributed by atoms with E-state index in [0.29, 0.717) is 25.7 Å². The van der Waals surface area contributed by atoms with E-state index in [-0.39, 0.29) is 0 Å². The van der Waals surface area contributed by atoms with Crippen LogP contribution < -0.4 is 0 Å². The van der Waals surface area contributed by atoms with E-state index in [4.69, 9.17) is 21.1 Å². The van der Waals surface area contributed by atoms with Crippen LogP contribution in [-0.2, 0) is 22.4 Å². The lowest BCUT2D eigenvalue weighted by Crippen LogP contribution is -2.09. The normalized spacial score (nSPS) is 11.4. The third-order valence-corrected chi connectivity index (χ3v) is 3.42. The number of pyridine rings is 1. The Labute approximate surface area is 130 Å². The van der Waals surface area contributed by atoms with Crippen LogP contribution in [0.25, 0.3) is 11.2 Å². The number of hydrogen-bond donors (Lipinski definition) is 0. The van der Waals surface area contributed by atoms with E-state index in [1.54, 1.807) is 7.11 Å². The number of halogens is 1. The number of aromatic nitrogens is 3. The molecule has 0 spiro atoms. The van der Waals surface area contributed by atoms with E-state index >= 15 is 0 Å². The zero-order valence-corrected chi connectivity index (χ0v) is 13.4. The average Bonchev–Trinajstić information content (AvgIpc) is 2.80. The molecule has 21 heavy (non-hydrogen) atoms. The van der Waals surface area contributed by atoms with Crippen LogP contribution in [-0.4, -0.2) is 47.3 Å². The Morgan fingerprint density at radius 3 is 2.81 bits per heavy atom. The fraction of sp³-hybridized carbons (Fsp3) is 0.600. The summed E-state index contributed by atoms with van der Waals surface area (Å²) in [5, 5.41) is 0. The maximum Gasteiger partial charge on any atom is 0.160 e. The van der Waals surface area contributed by atoms with E-state index in [1.165, 1.54) is 0 Å². The van der Waals surface area contributed by atoms with Gasteiger partial charge in [0.1, 0.15) is 11.3 Å². The topological polar surface area (TPSA) is 49.2 Å². The molecule has 0 N–H and O–H groups in total. The summed E-state index contributed by atoms with van der Waals surface area (Å²) in [6, 6.07) is 4.00. The van der Waals surface area contributed by atoms with Gasteiger partial charge in [0.2, 0.25) is 0 Å². The highest BCUT2D eigenvalue weighted by atomic mass is 35.5. The van der Waals surface area contributed by atoms with Gasteiger partial charge in [-0.15, -0.1) is 11.6 Å². The molecular formula is C15H22ClN3O2. The van der Waals surface area contributed by atoms with Crippen molar-refractivity contribution in [3.8, 4) is 0 Å². The highest BCUT2D eigenvalue weighted by molar-refractivity contribution is 6.17. The van der Waals surface area contributed by atoms with Crippen molar-refractivity contribution >= 4 is 22.8 Å². The fourth-order valence-electron chi connectivity index (χ4n) is 2.22. The van der Waals surface area contributed by atoms with Gasteiger partial charge in [-0.25, -0.2) is 9.97 Å². The first kappa shape index (κ1) is 16.2. The summed E-state index contributed by atoms with van der Waals surface area (Å²) < 4.78 is 12.6. The summed E-state index contributed by atoms with van der Waals surface area (Å²) in [7, 11) is 1.67. The van der Waals surface area contributed by atoms with Crippen LogP contribution in [0.3, 0.4) is 0 Å². The van der Waals surface area contributed by atoms with Crippen molar-refractivity contribution in [1.29, 1.82) is 0 Å². The van der Waals surface area contributed by atoms with Gasteiger partial charge in [-0.2, -0.15) is 0 Å². The van der Waals surface area contributed by atoms with Crippen LogP contribution in [0.5, 0.6) is 0 Å². The van der Waals surface area contributed by atoms with Gasteiger partial charge in [-0.05, 0) is 25.5 Å². The van der Waals surface area contributed by atoms with Gasteiger partial charge >= 0.3 is 0 Å². The quantitative estimate of drug-likeness (QED) is 0.527. The van der Waals surface area contributed by atoms with Crippen molar-refractivity contribution in [2.24, 2.45) is 0 Å². The van der Waals surface area contributed by atoms with Crippen LogP contribution in [0.2, 0.25) is 0 Å². The molecule has 0 aliphatic heterocycles. The average molecular weight is 312 g/mol. The maximum absolute atomic E-state index is 5.87. The van der Waals surface area contributed by atoms with Crippen molar-refractivity contribution in [3.05, 3.63) is 23.7 Å². The number of fused-ring (bicyclic) bond motifs is 1. The van der Waals surface area contributed by atoms with Gasteiger partial charge in [0.25, 0.3) is 0 Å². The number of nitrogens with zero attached hydrogens (tertiary/aromatic N) is 3. The smallest absolute Gasteiger partial charge is 0.160 e. The van der Waals surface area contributed by atoms with Crippen molar-refractivity contribution < 1.29 is 9.47 Å². The zero-order valence-electron chi connectivity index (χ0n) is 12.6. The molecule has 0 saturated carbocycles. The molecule has 0 saturated heterocycles. The summed E-state index contributed by atoms with van der Waals surface area (Å²) in [5.41, 5.74) is 2.87. The van der Waals surface area contributed by atoms with Gasteiger partial charge in [-0.1, -0.05) is 0 Å². The minimum absolute atomic E-state index is 0.562. The monoisotopic (exact) mass is 311 g/mol. The molecule has 0 unspecified atom stereocenters. The molecule has 0 aliphatic rings. The van der Waals surface area contributed by atoms with Gasteiger partial charge in [0, 0.05) is 38.3 Å². The lowest BCUT2D eigenvalue weighted by molar-refractivity contribution is 0.0680. The van der Waals surface area contributed by atoms with Crippen molar-refractivity contribution in [2.45, 2.75) is 26.3 Å². The molecule has 0 amide bonds. The first-order chi connectivity index (χ1) is 10.3. The van der Waals surface area contributed by atoms with Crippen LogP contribution in [0, 0.1) is 6.92 Å².